The zero-order valence-electron chi connectivity index (χ0n) is 16.2. The van der Waals surface area contributed by atoms with Crippen LogP contribution in [0.25, 0.3) is 11.1 Å². The van der Waals surface area contributed by atoms with Gasteiger partial charge in [-0.1, -0.05) is 30.3 Å². The van der Waals surface area contributed by atoms with Gasteiger partial charge in [-0.25, -0.2) is 14.4 Å². The number of hydrogen-bond donors (Lipinski definition) is 0. The van der Waals surface area contributed by atoms with Gasteiger partial charge in [0.05, 0.1) is 0 Å². The molecule has 5 nitrogen and oxygen atoms in total. The Balaban J connectivity index is 1.44. The van der Waals surface area contributed by atoms with Gasteiger partial charge in [0.25, 0.3) is 5.91 Å². The molecule has 29 heavy (non-hydrogen) atoms. The van der Waals surface area contributed by atoms with Crippen molar-refractivity contribution in [2.24, 2.45) is 0 Å². The van der Waals surface area contributed by atoms with Crippen LogP contribution >= 0.6 is 0 Å². The second-order valence-corrected chi connectivity index (χ2v) is 7.09. The summed E-state index contributed by atoms with van der Waals surface area (Å²) in [5.41, 5.74) is 3.24. The smallest absolute Gasteiger partial charge is 0.253 e. The van der Waals surface area contributed by atoms with Gasteiger partial charge in [-0.05, 0) is 47.4 Å². The molecule has 1 aliphatic heterocycles. The van der Waals surface area contributed by atoms with Crippen molar-refractivity contribution in [1.29, 1.82) is 0 Å². The van der Waals surface area contributed by atoms with Crippen LogP contribution in [0, 0.1) is 0 Å². The fraction of sp³-hybridized carbons (Fsp3) is 0.261. The van der Waals surface area contributed by atoms with Gasteiger partial charge in [-0.2, -0.15) is 0 Å². The lowest BCUT2D eigenvalue weighted by atomic mass is 10.0. The summed E-state index contributed by atoms with van der Waals surface area (Å²) in [5.74, 6) is 0.742. The third-order valence-corrected chi connectivity index (χ3v) is 5.16. The molecule has 0 saturated carbocycles. The van der Waals surface area contributed by atoms with Gasteiger partial charge in [0, 0.05) is 44.1 Å². The number of nitrogens with zero attached hydrogens (tertiary/aromatic N) is 4. The number of alkyl halides is 1. The number of halogens is 1. The minimum atomic E-state index is -0.482. The van der Waals surface area contributed by atoms with Crippen LogP contribution in [-0.4, -0.2) is 47.0 Å². The Morgan fingerprint density at radius 2 is 1.69 bits per heavy atom. The highest BCUT2D eigenvalue weighted by atomic mass is 19.1. The average molecular weight is 390 g/mol. The molecule has 4 rings (SSSR count). The van der Waals surface area contributed by atoms with E-state index in [1.54, 1.807) is 24.5 Å². The highest BCUT2D eigenvalue weighted by Gasteiger charge is 2.21. The summed E-state index contributed by atoms with van der Waals surface area (Å²) in [6.45, 7) is 2.41. The van der Waals surface area contributed by atoms with Crippen LogP contribution in [0.3, 0.4) is 0 Å². The first-order chi connectivity index (χ1) is 14.2. The molecule has 3 aromatic rings. The van der Waals surface area contributed by atoms with Gasteiger partial charge < -0.3 is 9.80 Å². The van der Waals surface area contributed by atoms with Crippen LogP contribution in [0.1, 0.15) is 22.3 Å². The molecule has 0 bridgehead atoms. The molecule has 0 atom stereocenters. The Morgan fingerprint density at radius 3 is 2.45 bits per heavy atom. The van der Waals surface area contributed by atoms with E-state index in [0.29, 0.717) is 36.7 Å². The Hall–Kier alpha value is -3.28. The van der Waals surface area contributed by atoms with E-state index in [2.05, 4.69) is 14.9 Å². The SMILES string of the molecule is O=C(c1ccc(-c2cccc(CF)c2)cc1)N1CCCN(c2ncccn2)CC1. The number of benzene rings is 2. The average Bonchev–Trinajstić information content (AvgIpc) is 3.06. The number of amides is 1. The molecule has 0 aliphatic carbocycles. The van der Waals surface area contributed by atoms with Crippen molar-refractivity contribution >= 4 is 11.9 Å². The Bertz CT molecular complexity index is 962. The largest absolute Gasteiger partial charge is 0.339 e. The number of rotatable bonds is 4. The van der Waals surface area contributed by atoms with Crippen LogP contribution < -0.4 is 4.90 Å². The highest BCUT2D eigenvalue weighted by molar-refractivity contribution is 5.94. The first-order valence-electron chi connectivity index (χ1n) is 9.81. The zero-order chi connectivity index (χ0) is 20.1. The van der Waals surface area contributed by atoms with Crippen molar-refractivity contribution in [3.8, 4) is 11.1 Å². The molecule has 1 saturated heterocycles. The maximum atomic E-state index is 13.0. The third-order valence-electron chi connectivity index (χ3n) is 5.16. The molecule has 2 heterocycles. The van der Waals surface area contributed by atoms with Gasteiger partial charge in [0.1, 0.15) is 6.67 Å². The fourth-order valence-corrected chi connectivity index (χ4v) is 3.60. The molecular formula is C23H23FN4O. The number of carbonyl (C=O) groups excluding carboxylic acids is 1. The predicted molar refractivity (Wildman–Crippen MR) is 111 cm³/mol. The minimum absolute atomic E-state index is 0.0323. The Labute approximate surface area is 169 Å². The summed E-state index contributed by atoms with van der Waals surface area (Å²) in [7, 11) is 0. The molecule has 0 radical (unpaired) electrons. The minimum Gasteiger partial charge on any atom is -0.339 e. The maximum absolute atomic E-state index is 13.0. The third kappa shape index (κ3) is 4.42. The topological polar surface area (TPSA) is 49.3 Å². The van der Waals surface area contributed by atoms with E-state index in [0.717, 1.165) is 24.1 Å². The van der Waals surface area contributed by atoms with Gasteiger partial charge >= 0.3 is 0 Å². The van der Waals surface area contributed by atoms with Crippen molar-refractivity contribution in [3.05, 3.63) is 78.1 Å². The lowest BCUT2D eigenvalue weighted by Gasteiger charge is -2.22. The van der Waals surface area contributed by atoms with E-state index in [1.807, 2.05) is 47.4 Å². The van der Waals surface area contributed by atoms with Crippen LogP contribution in [0.15, 0.2) is 67.0 Å². The molecule has 1 aromatic heterocycles. The molecule has 148 valence electrons. The van der Waals surface area contributed by atoms with Gasteiger partial charge in [-0.15, -0.1) is 0 Å². The summed E-state index contributed by atoms with van der Waals surface area (Å²) in [6.07, 6.45) is 4.35. The molecule has 0 spiro atoms. The summed E-state index contributed by atoms with van der Waals surface area (Å²) >= 11 is 0. The van der Waals surface area contributed by atoms with Gasteiger partial charge in [0.15, 0.2) is 0 Å². The lowest BCUT2D eigenvalue weighted by molar-refractivity contribution is 0.0767. The van der Waals surface area contributed by atoms with Crippen molar-refractivity contribution in [1.82, 2.24) is 14.9 Å². The summed E-state index contributed by atoms with van der Waals surface area (Å²) in [5, 5.41) is 0. The molecule has 6 heteroatoms. The second-order valence-electron chi connectivity index (χ2n) is 7.09. The molecule has 0 N–H and O–H groups in total. The first-order valence-corrected chi connectivity index (χ1v) is 9.81. The zero-order valence-corrected chi connectivity index (χ0v) is 16.2. The first kappa shape index (κ1) is 19.1. The van der Waals surface area contributed by atoms with Crippen LogP contribution in [-0.2, 0) is 6.67 Å². The van der Waals surface area contributed by atoms with E-state index in [9.17, 15) is 9.18 Å². The van der Waals surface area contributed by atoms with Gasteiger partial charge in [0.2, 0.25) is 5.95 Å². The molecule has 2 aromatic carbocycles. The summed E-state index contributed by atoms with van der Waals surface area (Å²) in [6, 6.07) is 16.8. The van der Waals surface area contributed by atoms with E-state index in [1.165, 1.54) is 0 Å². The molecule has 0 unspecified atom stereocenters. The van der Waals surface area contributed by atoms with Gasteiger partial charge in [-0.3, -0.25) is 4.79 Å². The van der Waals surface area contributed by atoms with Crippen LogP contribution in [0.2, 0.25) is 0 Å². The predicted octanol–water partition coefficient (Wildman–Crippen LogP) is 3.97. The number of aromatic nitrogens is 2. The fourth-order valence-electron chi connectivity index (χ4n) is 3.60. The van der Waals surface area contributed by atoms with E-state index >= 15 is 0 Å². The van der Waals surface area contributed by atoms with Crippen LogP contribution in [0.4, 0.5) is 10.3 Å². The Kier molecular flexibility index (Phi) is 5.79. The van der Waals surface area contributed by atoms with Crippen molar-refractivity contribution in [3.63, 3.8) is 0 Å². The maximum Gasteiger partial charge on any atom is 0.253 e. The van der Waals surface area contributed by atoms with E-state index in [-0.39, 0.29) is 5.91 Å². The van der Waals surface area contributed by atoms with Crippen molar-refractivity contribution < 1.29 is 9.18 Å². The van der Waals surface area contributed by atoms with Crippen molar-refractivity contribution in [2.45, 2.75) is 13.1 Å². The lowest BCUT2D eigenvalue weighted by Crippen LogP contribution is -2.35. The number of hydrogen-bond acceptors (Lipinski definition) is 4. The van der Waals surface area contributed by atoms with Crippen LogP contribution in [0.5, 0.6) is 0 Å². The molecule has 1 aliphatic rings. The standard InChI is InChI=1S/C23H23FN4O/c24-17-18-4-1-5-21(16-18)19-6-8-20(9-7-19)22(29)27-12-3-13-28(15-14-27)23-25-10-2-11-26-23/h1-2,4-11,16H,3,12-15,17H2. The normalized spacial score (nSPS) is 14.5. The van der Waals surface area contributed by atoms with E-state index < -0.39 is 6.67 Å². The molecule has 1 amide bonds. The number of carbonyl (C=O) groups is 1. The summed E-state index contributed by atoms with van der Waals surface area (Å²) < 4.78 is 12.9. The highest BCUT2D eigenvalue weighted by Crippen LogP contribution is 2.22. The Morgan fingerprint density at radius 1 is 0.897 bits per heavy atom. The summed E-state index contributed by atoms with van der Waals surface area (Å²) in [4.78, 5) is 25.6. The molecule has 1 fully saturated rings. The monoisotopic (exact) mass is 390 g/mol. The molecular weight excluding hydrogens is 367 g/mol. The van der Waals surface area contributed by atoms with E-state index in [4.69, 9.17) is 0 Å². The number of anilines is 1. The van der Waals surface area contributed by atoms with Crippen molar-refractivity contribution in [2.75, 3.05) is 31.1 Å². The quantitative estimate of drug-likeness (QED) is 0.677. The second kappa shape index (κ2) is 8.82.